The van der Waals surface area contributed by atoms with Gasteiger partial charge in [-0.2, -0.15) is 0 Å². The third-order valence-electron chi connectivity index (χ3n) is 6.92. The van der Waals surface area contributed by atoms with E-state index >= 15 is 0 Å². The van der Waals surface area contributed by atoms with E-state index < -0.39 is 16.4 Å². The summed E-state index contributed by atoms with van der Waals surface area (Å²) in [5.41, 5.74) is 0. The summed E-state index contributed by atoms with van der Waals surface area (Å²) in [6, 6.07) is 25.7. The fraction of sp³-hybridized carbons (Fsp3) is 0.462. The van der Waals surface area contributed by atoms with E-state index in [2.05, 4.69) is 109 Å². The molecule has 0 bridgehead atoms. The molecule has 158 valence electrons. The highest BCUT2D eigenvalue weighted by Crippen LogP contribution is 2.37. The highest BCUT2D eigenvalue weighted by atomic mass is 28.4. The Morgan fingerprint density at radius 1 is 0.793 bits per heavy atom. The molecule has 0 saturated heterocycles. The van der Waals surface area contributed by atoms with Crippen LogP contribution in [0.25, 0.3) is 0 Å². The molecule has 0 aromatic heterocycles. The predicted molar refractivity (Wildman–Crippen MR) is 135 cm³/mol. The molecule has 29 heavy (non-hydrogen) atoms. The van der Waals surface area contributed by atoms with Crippen molar-refractivity contribution in [1.82, 2.24) is 0 Å². The van der Waals surface area contributed by atoms with Crippen molar-refractivity contribution in [2.45, 2.75) is 71.1 Å². The van der Waals surface area contributed by atoms with Crippen LogP contribution in [0.5, 0.6) is 0 Å². The van der Waals surface area contributed by atoms with Crippen molar-refractivity contribution in [3.05, 3.63) is 72.4 Å². The molecule has 0 saturated carbocycles. The summed E-state index contributed by atoms with van der Waals surface area (Å²) in [5.74, 6) is 0. The molecule has 0 aliphatic heterocycles. The van der Waals surface area contributed by atoms with Crippen LogP contribution in [-0.2, 0) is 4.43 Å². The maximum atomic E-state index is 7.07. The first-order chi connectivity index (χ1) is 13.8. The molecule has 0 heterocycles. The molecule has 2 aromatic carbocycles. The summed E-state index contributed by atoms with van der Waals surface area (Å²) in [4.78, 5) is 0. The molecule has 2 rings (SSSR count). The zero-order valence-electron chi connectivity index (χ0n) is 19.4. The molecule has 0 unspecified atom stereocenters. The molecule has 0 aliphatic carbocycles. The smallest absolute Gasteiger partial charge is 0.261 e. The summed E-state index contributed by atoms with van der Waals surface area (Å²) in [6.45, 7) is 19.4. The molecule has 0 fully saturated rings. The maximum Gasteiger partial charge on any atom is 0.261 e. The summed E-state index contributed by atoms with van der Waals surface area (Å²) in [6.07, 6.45) is 0.992. The second-order valence-electron chi connectivity index (χ2n) is 9.21. The van der Waals surface area contributed by atoms with E-state index in [4.69, 9.17) is 4.43 Å². The fourth-order valence-electron chi connectivity index (χ4n) is 4.85. The SMILES string of the molecule is C=C(CCO[Si](c1ccccc1)(c1ccccc1)C(C)(C)C)[Si](CC)(CC)CC. The first-order valence-electron chi connectivity index (χ1n) is 11.2. The van der Waals surface area contributed by atoms with Gasteiger partial charge in [-0.15, -0.1) is 6.58 Å². The van der Waals surface area contributed by atoms with Crippen molar-refractivity contribution in [3.8, 4) is 0 Å². The number of hydrogen-bond acceptors (Lipinski definition) is 1. The molecule has 0 spiro atoms. The van der Waals surface area contributed by atoms with Crippen molar-refractivity contribution in [1.29, 1.82) is 0 Å². The minimum atomic E-state index is -2.43. The largest absolute Gasteiger partial charge is 0.407 e. The van der Waals surface area contributed by atoms with Crippen LogP contribution in [0.3, 0.4) is 0 Å². The summed E-state index contributed by atoms with van der Waals surface area (Å²) >= 11 is 0. The van der Waals surface area contributed by atoms with Gasteiger partial charge >= 0.3 is 0 Å². The maximum absolute atomic E-state index is 7.07. The summed E-state index contributed by atoms with van der Waals surface area (Å²) < 4.78 is 7.07. The number of benzene rings is 2. The van der Waals surface area contributed by atoms with Crippen LogP contribution < -0.4 is 10.4 Å². The predicted octanol–water partition coefficient (Wildman–Crippen LogP) is 6.56. The van der Waals surface area contributed by atoms with E-state index in [0.29, 0.717) is 0 Å². The Kier molecular flexibility index (Phi) is 8.27. The molecule has 0 atom stereocenters. The van der Waals surface area contributed by atoms with Crippen LogP contribution in [0.4, 0.5) is 0 Å². The Balaban J connectivity index is 2.41. The lowest BCUT2D eigenvalue weighted by molar-refractivity contribution is 0.303. The van der Waals surface area contributed by atoms with Gasteiger partial charge in [-0.05, 0) is 21.8 Å². The third kappa shape index (κ3) is 4.84. The van der Waals surface area contributed by atoms with Crippen molar-refractivity contribution in [3.63, 3.8) is 0 Å². The lowest BCUT2D eigenvalue weighted by Gasteiger charge is -2.43. The molecule has 0 amide bonds. The average molecular weight is 425 g/mol. The van der Waals surface area contributed by atoms with Crippen LogP contribution in [0.2, 0.25) is 23.2 Å². The topological polar surface area (TPSA) is 9.23 Å². The number of rotatable bonds is 10. The van der Waals surface area contributed by atoms with Gasteiger partial charge in [0.15, 0.2) is 0 Å². The Bertz CT molecular complexity index is 711. The summed E-state index contributed by atoms with van der Waals surface area (Å²) in [7, 11) is -3.81. The highest BCUT2D eigenvalue weighted by molar-refractivity contribution is 6.99. The summed E-state index contributed by atoms with van der Waals surface area (Å²) in [5, 5.41) is 4.23. The minimum Gasteiger partial charge on any atom is -0.407 e. The monoisotopic (exact) mass is 424 g/mol. The molecular formula is C26H40OSi2. The quantitative estimate of drug-likeness (QED) is 0.393. The van der Waals surface area contributed by atoms with E-state index in [-0.39, 0.29) is 5.04 Å². The first kappa shape index (κ1) is 23.8. The van der Waals surface area contributed by atoms with Gasteiger partial charge in [-0.25, -0.2) is 0 Å². The van der Waals surface area contributed by atoms with Gasteiger partial charge in [-0.3, -0.25) is 0 Å². The molecule has 3 heteroatoms. The van der Waals surface area contributed by atoms with Crippen molar-refractivity contribution >= 4 is 26.8 Å². The van der Waals surface area contributed by atoms with E-state index in [9.17, 15) is 0 Å². The third-order valence-corrected chi connectivity index (χ3v) is 17.8. The van der Waals surface area contributed by atoms with Crippen molar-refractivity contribution in [2.24, 2.45) is 0 Å². The van der Waals surface area contributed by atoms with E-state index in [0.717, 1.165) is 13.0 Å². The molecule has 0 N–H and O–H groups in total. The van der Waals surface area contributed by atoms with E-state index in [1.54, 1.807) is 0 Å². The van der Waals surface area contributed by atoms with E-state index in [1.165, 1.54) is 33.7 Å². The minimum absolute atomic E-state index is 0.0336. The Hall–Kier alpha value is -1.43. The molecule has 0 aliphatic rings. The van der Waals surface area contributed by atoms with Gasteiger partial charge in [0.1, 0.15) is 0 Å². The van der Waals surface area contributed by atoms with E-state index in [1.807, 2.05) is 0 Å². The second-order valence-corrected chi connectivity index (χ2v) is 18.9. The Morgan fingerprint density at radius 3 is 1.55 bits per heavy atom. The van der Waals surface area contributed by atoms with Crippen LogP contribution >= 0.6 is 0 Å². The number of hydrogen-bond donors (Lipinski definition) is 0. The zero-order chi connectivity index (χ0) is 21.5. The average Bonchev–Trinajstić information content (AvgIpc) is 2.73. The molecular weight excluding hydrogens is 384 g/mol. The van der Waals surface area contributed by atoms with Crippen LogP contribution in [-0.4, -0.2) is 23.0 Å². The molecule has 2 aromatic rings. The lowest BCUT2D eigenvalue weighted by atomic mass is 10.2. The zero-order valence-corrected chi connectivity index (χ0v) is 21.4. The normalized spacial score (nSPS) is 12.8. The standard InChI is InChI=1S/C26H40OSi2/c1-8-28(9-2,10-3)23(4)21-22-27-29(26(5,6)7,24-17-13-11-14-18-24)25-19-15-12-16-20-25/h11-20H,4,8-10,21-22H2,1-3,5-7H3. The van der Waals surface area contributed by atoms with Gasteiger partial charge < -0.3 is 4.43 Å². The van der Waals surface area contributed by atoms with Gasteiger partial charge in [0.05, 0.1) is 8.07 Å². The van der Waals surface area contributed by atoms with Crippen LogP contribution in [0.1, 0.15) is 48.0 Å². The van der Waals surface area contributed by atoms with Gasteiger partial charge in [0.2, 0.25) is 0 Å². The van der Waals surface area contributed by atoms with Crippen molar-refractivity contribution < 1.29 is 4.43 Å². The van der Waals surface area contributed by atoms with Crippen molar-refractivity contribution in [2.75, 3.05) is 6.61 Å². The first-order valence-corrected chi connectivity index (χ1v) is 15.7. The molecule has 1 nitrogen and oxygen atoms in total. The van der Waals surface area contributed by atoms with Crippen LogP contribution in [0, 0.1) is 0 Å². The lowest BCUT2D eigenvalue weighted by Crippen LogP contribution is -2.66. The van der Waals surface area contributed by atoms with Gasteiger partial charge in [-0.1, -0.05) is 126 Å². The highest BCUT2D eigenvalue weighted by Gasteiger charge is 2.50. The fourth-order valence-corrected chi connectivity index (χ4v) is 13.1. The Morgan fingerprint density at radius 2 is 1.21 bits per heavy atom. The molecule has 0 radical (unpaired) electrons. The Labute approximate surface area is 181 Å². The second kappa shape index (κ2) is 10.1. The van der Waals surface area contributed by atoms with Gasteiger partial charge in [0.25, 0.3) is 8.32 Å². The van der Waals surface area contributed by atoms with Gasteiger partial charge in [0, 0.05) is 6.61 Å². The van der Waals surface area contributed by atoms with Crippen LogP contribution in [0.15, 0.2) is 72.4 Å².